The lowest BCUT2D eigenvalue weighted by Gasteiger charge is -2.34. The van der Waals surface area contributed by atoms with Gasteiger partial charge in [-0.3, -0.25) is 14.4 Å². The molecule has 0 saturated carbocycles. The number of unbranched alkanes of at least 4 members (excludes halogenated alkanes) is 1. The van der Waals surface area contributed by atoms with E-state index in [1.54, 1.807) is 95.3 Å². The maximum absolute atomic E-state index is 14.3. The molecule has 4 atom stereocenters. The van der Waals surface area contributed by atoms with Gasteiger partial charge in [-0.05, 0) is 89.5 Å². The van der Waals surface area contributed by atoms with E-state index >= 15 is 0 Å². The average molecular weight is 771 g/mol. The summed E-state index contributed by atoms with van der Waals surface area (Å²) in [5, 5.41) is 8.30. The Morgan fingerprint density at radius 2 is 1.43 bits per heavy atom. The first-order chi connectivity index (χ1) is 26.7. The first-order valence-electron chi connectivity index (χ1n) is 19.1. The number of carbonyl (C=O) groups excluding carboxylic acids is 6. The molecule has 13 heteroatoms. The van der Waals surface area contributed by atoms with Gasteiger partial charge in [-0.1, -0.05) is 85.8 Å². The quantitative estimate of drug-likeness (QED) is 0.0875. The summed E-state index contributed by atoms with van der Waals surface area (Å²) in [7, 11) is 0. The van der Waals surface area contributed by atoms with Gasteiger partial charge in [0, 0.05) is 6.54 Å². The van der Waals surface area contributed by atoms with Crippen molar-refractivity contribution in [2.24, 2.45) is 0 Å². The van der Waals surface area contributed by atoms with Crippen LogP contribution in [0.5, 0.6) is 0 Å². The predicted octanol–water partition coefficient (Wildman–Crippen LogP) is 5.78. The van der Waals surface area contributed by atoms with E-state index < -0.39 is 65.0 Å². The molecule has 4 amide bonds. The van der Waals surface area contributed by atoms with Gasteiger partial charge in [0.05, 0.1) is 12.2 Å². The number of hydrogen-bond donors (Lipinski definition) is 3. The molecule has 1 heterocycles. The Balaban J connectivity index is 1.45. The van der Waals surface area contributed by atoms with E-state index in [1.165, 1.54) is 4.90 Å². The zero-order valence-electron chi connectivity index (χ0n) is 32.9. The Bertz CT molecular complexity index is 1780. The third-order valence-corrected chi connectivity index (χ3v) is 9.43. The number of rotatable bonds is 17. The summed E-state index contributed by atoms with van der Waals surface area (Å²) in [6, 6.07) is 23.4. The van der Waals surface area contributed by atoms with Gasteiger partial charge >= 0.3 is 18.0 Å². The third kappa shape index (κ3) is 12.7. The minimum Gasteiger partial charge on any atom is -0.462 e. The fourth-order valence-electron chi connectivity index (χ4n) is 6.15. The molecule has 0 spiro atoms. The first kappa shape index (κ1) is 43.0. The number of amides is 4. The molecule has 3 aromatic carbocycles. The van der Waals surface area contributed by atoms with Crippen molar-refractivity contribution >= 4 is 35.8 Å². The minimum absolute atomic E-state index is 0.0666. The summed E-state index contributed by atoms with van der Waals surface area (Å²) in [4.78, 5) is 82.2. The van der Waals surface area contributed by atoms with E-state index in [1.807, 2.05) is 30.3 Å². The largest absolute Gasteiger partial charge is 0.462 e. The lowest BCUT2D eigenvalue weighted by atomic mass is 9.94. The SMILES string of the molecule is CC[C@](C)(NC(=O)[C@H](CCCCOC(=O)c1ccccc1)NC(=O)OC(C)(C)C)C(=O)NC(C(=O)N1CCC[C@@H]1C(=O)OCc1ccccc1)c1ccccc1. The van der Waals surface area contributed by atoms with Crippen molar-refractivity contribution in [3.8, 4) is 0 Å². The van der Waals surface area contributed by atoms with E-state index in [4.69, 9.17) is 14.2 Å². The Kier molecular flexibility index (Phi) is 15.6. The second kappa shape index (κ2) is 20.3. The molecule has 3 aromatic rings. The summed E-state index contributed by atoms with van der Waals surface area (Å²) in [5.41, 5.74) is -0.620. The summed E-state index contributed by atoms with van der Waals surface area (Å²) in [6.07, 6.45) is 1.26. The molecule has 1 aliphatic heterocycles. The lowest BCUT2D eigenvalue weighted by Crippen LogP contribution is -2.61. The normalized spacial score (nSPS) is 16.0. The zero-order chi connectivity index (χ0) is 40.7. The Labute approximate surface area is 328 Å². The zero-order valence-corrected chi connectivity index (χ0v) is 32.9. The maximum Gasteiger partial charge on any atom is 0.408 e. The molecular formula is C43H54N4O9. The summed E-state index contributed by atoms with van der Waals surface area (Å²) >= 11 is 0. The lowest BCUT2D eigenvalue weighted by molar-refractivity contribution is -0.155. The van der Waals surface area contributed by atoms with Crippen LogP contribution in [0.4, 0.5) is 4.79 Å². The number of benzene rings is 3. The smallest absolute Gasteiger partial charge is 0.408 e. The monoisotopic (exact) mass is 770 g/mol. The predicted molar refractivity (Wildman–Crippen MR) is 209 cm³/mol. The Morgan fingerprint density at radius 1 is 0.804 bits per heavy atom. The van der Waals surface area contributed by atoms with Crippen LogP contribution in [0.15, 0.2) is 91.0 Å². The molecule has 0 aliphatic carbocycles. The van der Waals surface area contributed by atoms with Gasteiger partial charge in [-0.15, -0.1) is 0 Å². The second-order valence-corrected chi connectivity index (χ2v) is 15.0. The van der Waals surface area contributed by atoms with Gasteiger partial charge in [0.1, 0.15) is 35.9 Å². The highest BCUT2D eigenvalue weighted by atomic mass is 16.6. The van der Waals surface area contributed by atoms with Gasteiger partial charge in [0.15, 0.2) is 0 Å². The standard InChI is InChI=1S/C43H54N4O9/c1-6-43(5,46-36(48)33(44-41(53)56-42(2,3)4)25-16-17-28-54-38(50)32-23-14-9-15-24-32)40(52)45-35(31-21-12-8-13-22-31)37(49)47-27-18-26-34(47)39(51)55-29-30-19-10-7-11-20-30/h7-15,19-24,33-35H,6,16-18,25-29H2,1-5H3,(H,44,53)(H,45,52)(H,46,48)/t33-,34+,35?,43-/m0/s1. The highest BCUT2D eigenvalue weighted by Crippen LogP contribution is 2.26. The minimum atomic E-state index is -1.53. The van der Waals surface area contributed by atoms with Gasteiger partial charge in [-0.25, -0.2) is 14.4 Å². The van der Waals surface area contributed by atoms with Crippen molar-refractivity contribution in [3.63, 3.8) is 0 Å². The van der Waals surface area contributed by atoms with Crippen molar-refractivity contribution in [2.45, 2.75) is 109 Å². The highest BCUT2D eigenvalue weighted by Gasteiger charge is 2.42. The van der Waals surface area contributed by atoms with Crippen LogP contribution in [-0.2, 0) is 40.0 Å². The molecule has 3 N–H and O–H groups in total. The molecule has 4 rings (SSSR count). The molecule has 13 nitrogen and oxygen atoms in total. The molecule has 1 aliphatic rings. The Morgan fingerprint density at radius 3 is 2.05 bits per heavy atom. The van der Waals surface area contributed by atoms with Crippen LogP contribution in [0.25, 0.3) is 0 Å². The number of esters is 2. The van der Waals surface area contributed by atoms with Crippen molar-refractivity contribution < 1.29 is 43.0 Å². The molecule has 0 radical (unpaired) electrons. The average Bonchev–Trinajstić information content (AvgIpc) is 3.69. The van der Waals surface area contributed by atoms with Crippen LogP contribution >= 0.6 is 0 Å². The number of hydrogen-bond acceptors (Lipinski definition) is 9. The number of likely N-dealkylation sites (tertiary alicyclic amines) is 1. The van der Waals surface area contributed by atoms with Crippen LogP contribution in [0, 0.1) is 0 Å². The number of nitrogens with zero attached hydrogens (tertiary/aromatic N) is 1. The topological polar surface area (TPSA) is 169 Å². The molecule has 0 bridgehead atoms. The van der Waals surface area contributed by atoms with E-state index in [0.29, 0.717) is 43.4 Å². The van der Waals surface area contributed by atoms with Crippen molar-refractivity contribution in [3.05, 3.63) is 108 Å². The van der Waals surface area contributed by atoms with Gasteiger partial charge in [0.2, 0.25) is 11.8 Å². The van der Waals surface area contributed by atoms with E-state index in [9.17, 15) is 28.8 Å². The van der Waals surface area contributed by atoms with Gasteiger partial charge in [0.25, 0.3) is 5.91 Å². The van der Waals surface area contributed by atoms with Gasteiger partial charge < -0.3 is 35.1 Å². The van der Waals surface area contributed by atoms with Crippen LogP contribution in [-0.4, -0.2) is 77.0 Å². The van der Waals surface area contributed by atoms with Crippen molar-refractivity contribution in [1.29, 1.82) is 0 Å². The van der Waals surface area contributed by atoms with E-state index in [-0.39, 0.29) is 26.1 Å². The molecule has 56 heavy (non-hydrogen) atoms. The highest BCUT2D eigenvalue weighted by molar-refractivity contribution is 5.97. The molecule has 0 aromatic heterocycles. The molecule has 1 saturated heterocycles. The fraction of sp³-hybridized carbons (Fsp3) is 0.442. The second-order valence-electron chi connectivity index (χ2n) is 15.0. The molecule has 1 unspecified atom stereocenters. The van der Waals surface area contributed by atoms with E-state index in [0.717, 1.165) is 5.56 Å². The summed E-state index contributed by atoms with van der Waals surface area (Å²) in [6.45, 7) is 8.82. The first-order valence-corrected chi connectivity index (χ1v) is 19.1. The Hall–Kier alpha value is -5.72. The summed E-state index contributed by atoms with van der Waals surface area (Å²) < 4.78 is 16.4. The third-order valence-electron chi connectivity index (χ3n) is 9.43. The summed E-state index contributed by atoms with van der Waals surface area (Å²) in [5.74, 6) is -2.75. The van der Waals surface area contributed by atoms with E-state index in [2.05, 4.69) is 16.0 Å². The number of ether oxygens (including phenoxy) is 3. The fourth-order valence-corrected chi connectivity index (χ4v) is 6.15. The number of nitrogens with one attached hydrogen (secondary N) is 3. The van der Waals surface area contributed by atoms with Crippen LogP contribution < -0.4 is 16.0 Å². The van der Waals surface area contributed by atoms with Gasteiger partial charge in [-0.2, -0.15) is 0 Å². The van der Waals surface area contributed by atoms with Crippen LogP contribution in [0.2, 0.25) is 0 Å². The van der Waals surface area contributed by atoms with Crippen molar-refractivity contribution in [2.75, 3.05) is 13.2 Å². The molecule has 300 valence electrons. The maximum atomic E-state index is 14.3. The van der Waals surface area contributed by atoms with Crippen LogP contribution in [0.1, 0.15) is 101 Å². The van der Waals surface area contributed by atoms with Crippen LogP contribution in [0.3, 0.4) is 0 Å². The molecular weight excluding hydrogens is 716 g/mol. The number of carbonyl (C=O) groups is 6. The molecule has 1 fully saturated rings. The van der Waals surface area contributed by atoms with Crippen molar-refractivity contribution in [1.82, 2.24) is 20.9 Å². The number of alkyl carbamates (subject to hydrolysis) is 1.